The van der Waals surface area contributed by atoms with Gasteiger partial charge in [0.2, 0.25) is 11.8 Å². The highest BCUT2D eigenvalue weighted by Gasteiger charge is 2.17. The maximum atomic E-state index is 12.3. The van der Waals surface area contributed by atoms with Crippen LogP contribution in [0.1, 0.15) is 58.0 Å². The van der Waals surface area contributed by atoms with Crippen molar-refractivity contribution in [3.63, 3.8) is 0 Å². The van der Waals surface area contributed by atoms with Crippen LogP contribution in [0.25, 0.3) is 0 Å². The number of nitrogens with one attached hydrogen (secondary N) is 1. The molecule has 29 heavy (non-hydrogen) atoms. The topological polar surface area (TPSA) is 116 Å². The number of hydrogen-bond donors (Lipinski definition) is 2. The predicted molar refractivity (Wildman–Crippen MR) is 112 cm³/mol. The smallest absolute Gasteiger partial charge is 0.230 e. The summed E-state index contributed by atoms with van der Waals surface area (Å²) in [6.45, 7) is 6.88. The van der Waals surface area contributed by atoms with Crippen LogP contribution in [0.15, 0.2) is 28.0 Å². The van der Waals surface area contributed by atoms with Gasteiger partial charge >= 0.3 is 0 Å². The van der Waals surface area contributed by atoms with Gasteiger partial charge < -0.3 is 15.5 Å². The van der Waals surface area contributed by atoms with E-state index in [0.717, 1.165) is 18.6 Å². The molecule has 1 unspecified atom stereocenters. The molecular weight excluding hydrogens is 390 g/mol. The van der Waals surface area contributed by atoms with Gasteiger partial charge in [0, 0.05) is 18.9 Å². The van der Waals surface area contributed by atoms with Crippen molar-refractivity contribution >= 4 is 23.6 Å². The van der Waals surface area contributed by atoms with E-state index in [0.29, 0.717) is 29.9 Å². The number of amides is 2. The van der Waals surface area contributed by atoms with Gasteiger partial charge in [-0.3, -0.25) is 14.2 Å². The molecule has 2 amide bonds. The highest BCUT2D eigenvalue weighted by Crippen LogP contribution is 2.20. The van der Waals surface area contributed by atoms with E-state index in [1.54, 1.807) is 6.26 Å². The molecular formula is C20H31N5O3S. The summed E-state index contributed by atoms with van der Waals surface area (Å²) in [7, 11) is 0. The van der Waals surface area contributed by atoms with Gasteiger partial charge in [0.05, 0.1) is 18.6 Å². The molecule has 0 aliphatic rings. The summed E-state index contributed by atoms with van der Waals surface area (Å²) in [5, 5.41) is 12.0. The van der Waals surface area contributed by atoms with Crippen LogP contribution in [0.2, 0.25) is 0 Å². The second-order valence-electron chi connectivity index (χ2n) is 7.61. The van der Waals surface area contributed by atoms with Gasteiger partial charge in [0.15, 0.2) is 5.16 Å². The second-order valence-corrected chi connectivity index (χ2v) is 8.56. The Balaban J connectivity index is 1.93. The monoisotopic (exact) mass is 421 g/mol. The van der Waals surface area contributed by atoms with E-state index in [4.69, 9.17) is 10.2 Å². The Morgan fingerprint density at radius 2 is 2.07 bits per heavy atom. The molecule has 0 radical (unpaired) electrons. The summed E-state index contributed by atoms with van der Waals surface area (Å²) >= 11 is 1.32. The minimum Gasteiger partial charge on any atom is -0.467 e. The molecule has 0 saturated carbocycles. The molecule has 8 nitrogen and oxygen atoms in total. The highest BCUT2D eigenvalue weighted by atomic mass is 32.2. The maximum Gasteiger partial charge on any atom is 0.230 e. The molecule has 2 heterocycles. The Morgan fingerprint density at radius 3 is 2.72 bits per heavy atom. The fraction of sp³-hybridized carbons (Fsp3) is 0.600. The number of hydrogen-bond acceptors (Lipinski definition) is 6. The number of furan rings is 1. The van der Waals surface area contributed by atoms with Crippen molar-refractivity contribution in [3.8, 4) is 0 Å². The van der Waals surface area contributed by atoms with E-state index < -0.39 is 5.91 Å². The number of nitrogens with two attached hydrogens (primary N) is 1. The first-order chi connectivity index (χ1) is 13.8. The number of nitrogens with zero attached hydrogens (tertiary/aromatic N) is 3. The summed E-state index contributed by atoms with van der Waals surface area (Å²) in [4.78, 5) is 23.4. The van der Waals surface area contributed by atoms with E-state index in [2.05, 4.69) is 29.4 Å². The third-order valence-electron chi connectivity index (χ3n) is 4.44. The van der Waals surface area contributed by atoms with Gasteiger partial charge in [0.1, 0.15) is 11.6 Å². The van der Waals surface area contributed by atoms with Gasteiger partial charge in [0.25, 0.3) is 0 Å². The number of primary amides is 1. The largest absolute Gasteiger partial charge is 0.467 e. The third-order valence-corrected chi connectivity index (χ3v) is 5.41. The van der Waals surface area contributed by atoms with Gasteiger partial charge in [-0.1, -0.05) is 38.5 Å². The van der Waals surface area contributed by atoms with Crippen LogP contribution in [0.3, 0.4) is 0 Å². The molecule has 160 valence electrons. The first-order valence-corrected chi connectivity index (χ1v) is 11.0. The zero-order valence-corrected chi connectivity index (χ0v) is 18.2. The summed E-state index contributed by atoms with van der Waals surface area (Å²) in [5.41, 5.74) is 5.26. The Hall–Kier alpha value is -2.29. The molecule has 2 rings (SSSR count). The number of rotatable bonds is 13. The highest BCUT2D eigenvalue weighted by molar-refractivity contribution is 7.99. The van der Waals surface area contributed by atoms with E-state index in [1.807, 2.05) is 23.6 Å². The molecule has 3 N–H and O–H groups in total. The summed E-state index contributed by atoms with van der Waals surface area (Å²) in [6.07, 6.45) is 5.42. The van der Waals surface area contributed by atoms with Gasteiger partial charge in [-0.2, -0.15) is 0 Å². The van der Waals surface area contributed by atoms with Crippen molar-refractivity contribution in [1.82, 2.24) is 20.1 Å². The van der Waals surface area contributed by atoms with Crippen molar-refractivity contribution < 1.29 is 14.0 Å². The van der Waals surface area contributed by atoms with Crippen LogP contribution in [0.5, 0.6) is 0 Å². The van der Waals surface area contributed by atoms with Gasteiger partial charge in [-0.25, -0.2) is 0 Å². The van der Waals surface area contributed by atoms with Crippen molar-refractivity contribution in [1.29, 1.82) is 0 Å². The molecule has 0 aliphatic carbocycles. The van der Waals surface area contributed by atoms with Crippen LogP contribution >= 0.6 is 11.8 Å². The Morgan fingerprint density at radius 1 is 1.28 bits per heavy atom. The molecule has 1 atom stereocenters. The maximum absolute atomic E-state index is 12.3. The number of carbonyl (C=O) groups is 2. The summed E-state index contributed by atoms with van der Waals surface area (Å²) in [5.74, 6) is 1.90. The molecule has 0 aromatic carbocycles. The molecule has 0 bridgehead atoms. The van der Waals surface area contributed by atoms with E-state index in [-0.39, 0.29) is 24.1 Å². The van der Waals surface area contributed by atoms with E-state index in [1.165, 1.54) is 18.2 Å². The lowest BCUT2D eigenvalue weighted by atomic mass is 10.0. The third kappa shape index (κ3) is 8.31. The van der Waals surface area contributed by atoms with Crippen LogP contribution in [-0.4, -0.2) is 38.4 Å². The predicted octanol–water partition coefficient (Wildman–Crippen LogP) is 2.76. The molecule has 2 aromatic heterocycles. The molecule has 0 saturated heterocycles. The molecule has 0 spiro atoms. The van der Waals surface area contributed by atoms with Crippen LogP contribution in [0.4, 0.5) is 0 Å². The van der Waals surface area contributed by atoms with Crippen LogP contribution in [0, 0.1) is 5.92 Å². The minimum atomic E-state index is -0.391. The first-order valence-electron chi connectivity index (χ1n) is 10.00. The standard InChI is InChI=1S/C20H31N5O3S/c1-14(2)6-4-7-15(3)22-19(27)13-29-20-24-23-18(10-9-17(21)26)25(20)12-16-8-5-11-28-16/h5,8,11,14-15H,4,6-7,9-10,12-13H2,1-3H3,(H2,21,26)(H,22,27). The van der Waals surface area contributed by atoms with E-state index in [9.17, 15) is 9.59 Å². The quantitative estimate of drug-likeness (QED) is 0.480. The van der Waals surface area contributed by atoms with E-state index >= 15 is 0 Å². The average molecular weight is 422 g/mol. The fourth-order valence-corrected chi connectivity index (χ4v) is 3.68. The van der Waals surface area contributed by atoms with Crippen molar-refractivity contribution in [2.45, 2.75) is 70.6 Å². The van der Waals surface area contributed by atoms with Crippen molar-refractivity contribution in [3.05, 3.63) is 30.0 Å². The van der Waals surface area contributed by atoms with Crippen molar-refractivity contribution in [2.24, 2.45) is 11.7 Å². The Kier molecular flexibility index (Phi) is 9.24. The van der Waals surface area contributed by atoms with Crippen LogP contribution < -0.4 is 11.1 Å². The zero-order chi connectivity index (χ0) is 21.2. The molecule has 0 fully saturated rings. The second kappa shape index (κ2) is 11.6. The number of aryl methyl sites for hydroxylation is 1. The fourth-order valence-electron chi connectivity index (χ4n) is 2.91. The molecule has 2 aromatic rings. The first kappa shape index (κ1) is 23.0. The number of thioether (sulfide) groups is 1. The Labute approximate surface area is 176 Å². The lowest BCUT2D eigenvalue weighted by Gasteiger charge is -2.14. The summed E-state index contributed by atoms with van der Waals surface area (Å²) < 4.78 is 7.29. The van der Waals surface area contributed by atoms with Gasteiger partial charge in [-0.05, 0) is 31.4 Å². The lowest BCUT2D eigenvalue weighted by Crippen LogP contribution is -2.33. The Bertz CT molecular complexity index is 773. The normalized spacial score (nSPS) is 12.3. The molecule has 0 aliphatic heterocycles. The number of aromatic nitrogens is 3. The average Bonchev–Trinajstić information content (AvgIpc) is 3.28. The van der Waals surface area contributed by atoms with Gasteiger partial charge in [-0.15, -0.1) is 10.2 Å². The van der Waals surface area contributed by atoms with Crippen LogP contribution in [-0.2, 0) is 22.6 Å². The lowest BCUT2D eigenvalue weighted by molar-refractivity contribution is -0.119. The molecule has 9 heteroatoms. The summed E-state index contributed by atoms with van der Waals surface area (Å²) in [6, 6.07) is 3.82. The minimum absolute atomic E-state index is 0.0294. The number of carbonyl (C=O) groups excluding carboxylic acids is 2. The van der Waals surface area contributed by atoms with Crippen molar-refractivity contribution in [2.75, 3.05) is 5.75 Å². The SMILES string of the molecule is CC(C)CCCC(C)NC(=O)CSc1nnc(CCC(N)=O)n1Cc1ccco1. The zero-order valence-electron chi connectivity index (χ0n) is 17.4.